The highest BCUT2D eigenvalue weighted by molar-refractivity contribution is 7.09. The lowest BCUT2D eigenvalue weighted by Gasteiger charge is -2.21. The zero-order valence-corrected chi connectivity index (χ0v) is 17.7. The van der Waals surface area contributed by atoms with Gasteiger partial charge in [0.05, 0.1) is 20.3 Å². The van der Waals surface area contributed by atoms with Crippen LogP contribution in [-0.4, -0.2) is 29.5 Å². The van der Waals surface area contributed by atoms with Crippen LogP contribution in [0.25, 0.3) is 0 Å². The van der Waals surface area contributed by atoms with E-state index in [2.05, 4.69) is 15.4 Å². The molecular weight excluding hydrogens is 405 g/mol. The number of nitrogens with one attached hydrogen (secondary N) is 1. The van der Waals surface area contributed by atoms with Crippen molar-refractivity contribution >= 4 is 17.2 Å². The number of thiazole rings is 1. The second kappa shape index (κ2) is 10.8. The van der Waals surface area contributed by atoms with E-state index in [0.29, 0.717) is 31.9 Å². The molecule has 1 heterocycles. The highest BCUT2D eigenvalue weighted by Crippen LogP contribution is 2.19. The van der Waals surface area contributed by atoms with E-state index in [1.165, 1.54) is 23.5 Å². The van der Waals surface area contributed by atoms with Gasteiger partial charge in [0.2, 0.25) is 0 Å². The molecule has 0 aliphatic carbocycles. The van der Waals surface area contributed by atoms with Crippen LogP contribution in [0.15, 0.2) is 53.9 Å². The average Bonchev–Trinajstić information content (AvgIpc) is 3.22. The van der Waals surface area contributed by atoms with E-state index in [1.54, 1.807) is 31.5 Å². The number of rotatable bonds is 10. The molecule has 0 aliphatic heterocycles. The van der Waals surface area contributed by atoms with Gasteiger partial charge in [-0.05, 0) is 42.3 Å². The van der Waals surface area contributed by atoms with Gasteiger partial charge < -0.3 is 4.74 Å². The zero-order chi connectivity index (χ0) is 21.3. The van der Waals surface area contributed by atoms with Gasteiger partial charge in [0.15, 0.2) is 0 Å². The third-order valence-electron chi connectivity index (χ3n) is 4.34. The molecule has 0 atom stereocenters. The summed E-state index contributed by atoms with van der Waals surface area (Å²) in [6, 6.07) is 14.3. The quantitative estimate of drug-likeness (QED) is 0.490. The topological polar surface area (TPSA) is 63.7 Å². The Labute approximate surface area is 179 Å². The van der Waals surface area contributed by atoms with E-state index >= 15 is 0 Å². The molecule has 0 radical (unpaired) electrons. The summed E-state index contributed by atoms with van der Waals surface area (Å²) < 4.78 is 18.5. The van der Waals surface area contributed by atoms with Gasteiger partial charge in [0, 0.05) is 18.5 Å². The molecule has 0 spiro atoms. The van der Waals surface area contributed by atoms with Crippen molar-refractivity contribution in [3.05, 3.63) is 81.6 Å². The third kappa shape index (κ3) is 6.35. The Morgan fingerprint density at radius 3 is 2.30 bits per heavy atom. The predicted molar refractivity (Wildman–Crippen MR) is 114 cm³/mol. The number of amides is 1. The number of hydroxylamine groups is 1. The maximum Gasteiger partial charge on any atom is 0.294 e. The van der Waals surface area contributed by atoms with Gasteiger partial charge in [0.25, 0.3) is 5.91 Å². The standard InChI is InChI=1S/C22H24FN3O3S/c1-3-29-25-22(27)20-15-30-21(24-20)14-26(12-16-4-8-18(23)9-5-16)13-17-6-10-19(28-2)11-7-17/h4-11,15H,3,12-14H2,1-2H3,(H,25,27). The first-order valence-electron chi connectivity index (χ1n) is 9.53. The highest BCUT2D eigenvalue weighted by Gasteiger charge is 2.15. The van der Waals surface area contributed by atoms with Crippen LogP contribution in [0, 0.1) is 5.82 Å². The number of carbonyl (C=O) groups is 1. The second-order valence-electron chi connectivity index (χ2n) is 6.61. The number of aromatic nitrogens is 1. The van der Waals surface area contributed by atoms with Crippen LogP contribution < -0.4 is 10.2 Å². The average molecular weight is 430 g/mol. The molecule has 158 valence electrons. The van der Waals surface area contributed by atoms with Crippen molar-refractivity contribution < 1.29 is 18.8 Å². The first-order chi connectivity index (χ1) is 14.6. The summed E-state index contributed by atoms with van der Waals surface area (Å²) in [7, 11) is 1.64. The Balaban J connectivity index is 1.73. The van der Waals surface area contributed by atoms with Crippen LogP contribution in [0.1, 0.15) is 33.5 Å². The fourth-order valence-electron chi connectivity index (χ4n) is 2.87. The predicted octanol–water partition coefficient (Wildman–Crippen LogP) is 4.17. The van der Waals surface area contributed by atoms with E-state index in [4.69, 9.17) is 9.57 Å². The van der Waals surface area contributed by atoms with Crippen molar-refractivity contribution in [2.45, 2.75) is 26.6 Å². The summed E-state index contributed by atoms with van der Waals surface area (Å²) in [5.74, 6) is 0.179. The lowest BCUT2D eigenvalue weighted by molar-refractivity contribution is 0.0360. The fourth-order valence-corrected chi connectivity index (χ4v) is 3.69. The number of hydrogen-bond donors (Lipinski definition) is 1. The van der Waals surface area contributed by atoms with Gasteiger partial charge in [-0.3, -0.25) is 14.5 Å². The number of halogens is 1. The molecule has 6 nitrogen and oxygen atoms in total. The molecule has 3 rings (SSSR count). The van der Waals surface area contributed by atoms with Crippen molar-refractivity contribution in [2.24, 2.45) is 0 Å². The maximum absolute atomic E-state index is 13.3. The Morgan fingerprint density at radius 1 is 1.07 bits per heavy atom. The smallest absolute Gasteiger partial charge is 0.294 e. The normalized spacial score (nSPS) is 10.9. The third-order valence-corrected chi connectivity index (χ3v) is 5.17. The Kier molecular flexibility index (Phi) is 7.89. The van der Waals surface area contributed by atoms with Gasteiger partial charge in [-0.25, -0.2) is 14.9 Å². The second-order valence-corrected chi connectivity index (χ2v) is 7.55. The first-order valence-corrected chi connectivity index (χ1v) is 10.4. The molecule has 8 heteroatoms. The van der Waals surface area contributed by atoms with Crippen LogP contribution in [-0.2, 0) is 24.5 Å². The molecule has 0 bridgehead atoms. The summed E-state index contributed by atoms with van der Waals surface area (Å²) in [5.41, 5.74) is 4.79. The summed E-state index contributed by atoms with van der Waals surface area (Å²) in [6.45, 7) is 4.01. The van der Waals surface area contributed by atoms with Crippen LogP contribution in [0.5, 0.6) is 5.75 Å². The summed E-state index contributed by atoms with van der Waals surface area (Å²) >= 11 is 1.42. The summed E-state index contributed by atoms with van der Waals surface area (Å²) in [6.07, 6.45) is 0. The van der Waals surface area contributed by atoms with E-state index in [1.807, 2.05) is 24.3 Å². The minimum Gasteiger partial charge on any atom is -0.497 e. The minimum atomic E-state index is -0.361. The van der Waals surface area contributed by atoms with E-state index in [0.717, 1.165) is 21.9 Å². The van der Waals surface area contributed by atoms with Crippen LogP contribution in [0.3, 0.4) is 0 Å². The van der Waals surface area contributed by atoms with Crippen molar-refractivity contribution in [1.82, 2.24) is 15.4 Å². The SMILES string of the molecule is CCONC(=O)c1csc(CN(Cc2ccc(F)cc2)Cc2ccc(OC)cc2)n1. The Morgan fingerprint density at radius 2 is 1.70 bits per heavy atom. The van der Waals surface area contributed by atoms with Gasteiger partial charge in [-0.1, -0.05) is 24.3 Å². The molecule has 0 saturated heterocycles. The molecule has 1 aromatic heterocycles. The molecule has 30 heavy (non-hydrogen) atoms. The fraction of sp³-hybridized carbons (Fsp3) is 0.273. The van der Waals surface area contributed by atoms with Crippen LogP contribution in [0.2, 0.25) is 0 Å². The van der Waals surface area contributed by atoms with E-state index in [9.17, 15) is 9.18 Å². The summed E-state index contributed by atoms with van der Waals surface area (Å²) in [5, 5.41) is 2.53. The van der Waals surface area contributed by atoms with Crippen LogP contribution >= 0.6 is 11.3 Å². The van der Waals surface area contributed by atoms with Gasteiger partial charge in [0.1, 0.15) is 22.3 Å². The largest absolute Gasteiger partial charge is 0.497 e. The number of hydrogen-bond acceptors (Lipinski definition) is 6. The van der Waals surface area contributed by atoms with Gasteiger partial charge in [-0.2, -0.15) is 0 Å². The molecule has 1 amide bonds. The zero-order valence-electron chi connectivity index (χ0n) is 16.9. The molecule has 3 aromatic rings. The molecule has 0 unspecified atom stereocenters. The Bertz CT molecular complexity index is 945. The summed E-state index contributed by atoms with van der Waals surface area (Å²) in [4.78, 5) is 23.6. The maximum atomic E-state index is 13.3. The molecule has 0 saturated carbocycles. The monoisotopic (exact) mass is 429 g/mol. The van der Waals surface area contributed by atoms with Crippen molar-refractivity contribution in [2.75, 3.05) is 13.7 Å². The lowest BCUT2D eigenvalue weighted by atomic mass is 10.1. The van der Waals surface area contributed by atoms with Gasteiger partial charge in [-0.15, -0.1) is 11.3 Å². The van der Waals surface area contributed by atoms with E-state index in [-0.39, 0.29) is 11.7 Å². The van der Waals surface area contributed by atoms with Crippen molar-refractivity contribution in [3.8, 4) is 5.75 Å². The van der Waals surface area contributed by atoms with Crippen molar-refractivity contribution in [3.63, 3.8) is 0 Å². The number of nitrogens with zero attached hydrogens (tertiary/aromatic N) is 2. The highest BCUT2D eigenvalue weighted by atomic mass is 32.1. The number of benzene rings is 2. The van der Waals surface area contributed by atoms with E-state index < -0.39 is 0 Å². The molecule has 1 N–H and O–H groups in total. The lowest BCUT2D eigenvalue weighted by Crippen LogP contribution is -2.24. The molecule has 0 fully saturated rings. The molecule has 2 aromatic carbocycles. The Hall–Kier alpha value is -2.81. The minimum absolute atomic E-state index is 0.259. The number of ether oxygens (including phenoxy) is 1. The van der Waals surface area contributed by atoms with Crippen molar-refractivity contribution in [1.29, 1.82) is 0 Å². The molecular formula is C22H24FN3O3S. The van der Waals surface area contributed by atoms with Crippen LogP contribution in [0.4, 0.5) is 4.39 Å². The molecule has 0 aliphatic rings. The number of carbonyl (C=O) groups excluding carboxylic acids is 1. The van der Waals surface area contributed by atoms with Gasteiger partial charge >= 0.3 is 0 Å². The first kappa shape index (κ1) is 21.9. The number of methoxy groups -OCH3 is 1.